The summed E-state index contributed by atoms with van der Waals surface area (Å²) in [6.07, 6.45) is 0. The van der Waals surface area contributed by atoms with Gasteiger partial charge in [-0.3, -0.25) is 0 Å². The van der Waals surface area contributed by atoms with Crippen LogP contribution in [0.1, 0.15) is 16.7 Å². The summed E-state index contributed by atoms with van der Waals surface area (Å²) in [7, 11) is 0. The monoisotopic (exact) mass is 326 g/mol. The van der Waals surface area contributed by atoms with E-state index in [1.54, 1.807) is 48.5 Å². The average Bonchev–Trinajstić information content (AvgIpc) is 2.57. The molecule has 0 spiro atoms. The lowest BCUT2D eigenvalue weighted by Gasteiger charge is -2.15. The Kier molecular flexibility index (Phi) is 4.18. The third-order valence-electron chi connectivity index (χ3n) is 4.24. The van der Waals surface area contributed by atoms with Crippen LogP contribution in [0.2, 0.25) is 0 Å². The average molecular weight is 326 g/mol. The molecule has 0 N–H and O–H groups in total. The fraction of sp³-hybridized carbons (Fsp3) is 0.143. The van der Waals surface area contributed by atoms with Crippen molar-refractivity contribution in [3.8, 4) is 22.3 Å². The van der Waals surface area contributed by atoms with Gasteiger partial charge < -0.3 is 0 Å². The molecule has 0 aromatic heterocycles. The molecule has 0 heterocycles. The van der Waals surface area contributed by atoms with Crippen molar-refractivity contribution in [2.24, 2.45) is 0 Å². The highest BCUT2D eigenvalue weighted by Crippen LogP contribution is 2.37. The van der Waals surface area contributed by atoms with Crippen LogP contribution in [0.15, 0.2) is 48.5 Å². The van der Waals surface area contributed by atoms with Gasteiger partial charge in [-0.05, 0) is 37.5 Å². The van der Waals surface area contributed by atoms with Crippen molar-refractivity contribution < 1.29 is 13.2 Å². The van der Waals surface area contributed by atoms with E-state index < -0.39 is 17.5 Å². The maximum absolute atomic E-state index is 14.8. The lowest BCUT2D eigenvalue weighted by atomic mass is 9.93. The number of aryl methyl sites for hydroxylation is 2. The van der Waals surface area contributed by atoms with E-state index >= 15 is 0 Å². The van der Waals surface area contributed by atoms with Crippen molar-refractivity contribution in [1.29, 1.82) is 0 Å². The minimum Gasteiger partial charge on any atom is -0.206 e. The molecule has 0 aliphatic rings. The molecule has 3 heteroatoms. The van der Waals surface area contributed by atoms with Crippen LogP contribution in [0.3, 0.4) is 0 Å². The van der Waals surface area contributed by atoms with Gasteiger partial charge in [-0.25, -0.2) is 13.2 Å². The van der Waals surface area contributed by atoms with Crippen molar-refractivity contribution in [2.45, 2.75) is 20.8 Å². The van der Waals surface area contributed by atoms with Crippen molar-refractivity contribution >= 4 is 0 Å². The fourth-order valence-electron chi connectivity index (χ4n) is 2.81. The zero-order valence-electron chi connectivity index (χ0n) is 13.8. The first-order valence-corrected chi connectivity index (χ1v) is 7.71. The number of halogens is 3. The maximum atomic E-state index is 14.8. The van der Waals surface area contributed by atoms with Gasteiger partial charge in [0, 0.05) is 5.56 Å². The summed E-state index contributed by atoms with van der Waals surface area (Å²) in [5, 5.41) is 0. The molecule has 0 bridgehead atoms. The van der Waals surface area contributed by atoms with E-state index in [9.17, 15) is 13.2 Å². The molecule has 0 nitrogen and oxygen atoms in total. The molecular weight excluding hydrogens is 309 g/mol. The van der Waals surface area contributed by atoms with Gasteiger partial charge in [0.15, 0.2) is 11.6 Å². The summed E-state index contributed by atoms with van der Waals surface area (Å²) < 4.78 is 44.2. The van der Waals surface area contributed by atoms with Crippen LogP contribution in [0.5, 0.6) is 0 Å². The van der Waals surface area contributed by atoms with Gasteiger partial charge >= 0.3 is 0 Å². The molecule has 0 aliphatic carbocycles. The number of benzene rings is 3. The topological polar surface area (TPSA) is 0 Å². The Morgan fingerprint density at radius 2 is 0.875 bits per heavy atom. The summed E-state index contributed by atoms with van der Waals surface area (Å²) >= 11 is 0. The Morgan fingerprint density at radius 3 is 1.33 bits per heavy atom. The maximum Gasteiger partial charge on any atom is 0.170 e. The summed E-state index contributed by atoms with van der Waals surface area (Å²) in [6.45, 7) is 5.25. The van der Waals surface area contributed by atoms with E-state index in [1.807, 2.05) is 13.8 Å². The minimum absolute atomic E-state index is 0.0270. The molecule has 122 valence electrons. The molecule has 0 unspecified atom stereocenters. The van der Waals surface area contributed by atoms with Crippen molar-refractivity contribution in [2.75, 3.05) is 0 Å². The quantitative estimate of drug-likeness (QED) is 0.480. The van der Waals surface area contributed by atoms with E-state index in [2.05, 4.69) is 0 Å². The van der Waals surface area contributed by atoms with Crippen molar-refractivity contribution in [1.82, 2.24) is 0 Å². The lowest BCUT2D eigenvalue weighted by molar-refractivity contribution is 0.499. The highest BCUT2D eigenvalue weighted by Gasteiger charge is 2.24. The first-order chi connectivity index (χ1) is 11.4. The fourth-order valence-corrected chi connectivity index (χ4v) is 2.81. The summed E-state index contributed by atoms with van der Waals surface area (Å²) in [6, 6.07) is 13.6. The lowest BCUT2D eigenvalue weighted by Crippen LogP contribution is -2.02. The Hall–Kier alpha value is -2.55. The Labute approximate surface area is 139 Å². The van der Waals surface area contributed by atoms with E-state index in [0.29, 0.717) is 11.1 Å². The molecule has 0 saturated carbocycles. The van der Waals surface area contributed by atoms with Gasteiger partial charge in [0.1, 0.15) is 5.82 Å². The minimum atomic E-state index is -1.16. The molecule has 0 saturated heterocycles. The van der Waals surface area contributed by atoms with Crippen LogP contribution in [0.4, 0.5) is 13.2 Å². The van der Waals surface area contributed by atoms with Gasteiger partial charge in [0.05, 0.1) is 5.56 Å². The predicted molar refractivity (Wildman–Crippen MR) is 91.4 cm³/mol. The highest BCUT2D eigenvalue weighted by atomic mass is 19.2. The van der Waals surface area contributed by atoms with Gasteiger partial charge in [-0.2, -0.15) is 0 Å². The van der Waals surface area contributed by atoms with Crippen LogP contribution in [0, 0.1) is 38.2 Å². The smallest absolute Gasteiger partial charge is 0.170 e. The third kappa shape index (κ3) is 2.71. The Bertz CT molecular complexity index is 786. The SMILES string of the molecule is Cc1ccc(-c2c(C)c(F)c(-c3ccc(C)cc3)c(F)c2F)cc1. The molecular formula is C21H17F3. The normalized spacial score (nSPS) is 10.9. The zero-order valence-corrected chi connectivity index (χ0v) is 13.8. The third-order valence-corrected chi connectivity index (χ3v) is 4.24. The van der Waals surface area contributed by atoms with E-state index in [4.69, 9.17) is 0 Å². The predicted octanol–water partition coefficient (Wildman–Crippen LogP) is 6.36. The van der Waals surface area contributed by atoms with Gasteiger partial charge in [0.2, 0.25) is 0 Å². The summed E-state index contributed by atoms with van der Waals surface area (Å²) in [5.41, 5.74) is 2.51. The van der Waals surface area contributed by atoms with Gasteiger partial charge in [0.25, 0.3) is 0 Å². The first-order valence-electron chi connectivity index (χ1n) is 7.71. The second-order valence-electron chi connectivity index (χ2n) is 6.05. The van der Waals surface area contributed by atoms with E-state index in [0.717, 1.165) is 11.1 Å². The van der Waals surface area contributed by atoms with E-state index in [-0.39, 0.29) is 16.7 Å². The Balaban J connectivity index is 2.26. The van der Waals surface area contributed by atoms with Crippen LogP contribution < -0.4 is 0 Å². The number of rotatable bonds is 2. The highest BCUT2D eigenvalue weighted by molar-refractivity contribution is 5.75. The first kappa shape index (κ1) is 16.3. The van der Waals surface area contributed by atoms with Gasteiger partial charge in [-0.15, -0.1) is 0 Å². The largest absolute Gasteiger partial charge is 0.206 e. The van der Waals surface area contributed by atoms with Gasteiger partial charge in [-0.1, -0.05) is 59.7 Å². The van der Waals surface area contributed by atoms with Crippen LogP contribution in [0.25, 0.3) is 22.3 Å². The van der Waals surface area contributed by atoms with E-state index in [1.165, 1.54) is 6.92 Å². The molecule has 3 aromatic carbocycles. The summed E-state index contributed by atoms with van der Waals surface area (Å²) in [4.78, 5) is 0. The molecule has 3 rings (SSSR count). The molecule has 0 amide bonds. The van der Waals surface area contributed by atoms with Crippen LogP contribution in [-0.4, -0.2) is 0 Å². The molecule has 0 aliphatic heterocycles. The van der Waals surface area contributed by atoms with Crippen LogP contribution in [-0.2, 0) is 0 Å². The molecule has 0 fully saturated rings. The second-order valence-corrected chi connectivity index (χ2v) is 6.05. The summed E-state index contributed by atoms with van der Waals surface area (Å²) in [5.74, 6) is -2.90. The van der Waals surface area contributed by atoms with Crippen molar-refractivity contribution in [3.05, 3.63) is 82.7 Å². The Morgan fingerprint density at radius 1 is 0.500 bits per heavy atom. The standard InChI is InChI=1S/C21H17F3/c1-12-4-8-15(9-5-12)17-14(3)19(22)18(21(24)20(17)23)16-10-6-13(2)7-11-16/h4-11H,1-3H3. The molecule has 24 heavy (non-hydrogen) atoms. The molecule has 0 atom stereocenters. The van der Waals surface area contributed by atoms with Crippen LogP contribution >= 0.6 is 0 Å². The number of hydrogen-bond acceptors (Lipinski definition) is 0. The molecule has 3 aromatic rings. The van der Waals surface area contributed by atoms with Crippen molar-refractivity contribution in [3.63, 3.8) is 0 Å². The molecule has 0 radical (unpaired) electrons. The number of hydrogen-bond donors (Lipinski definition) is 0. The zero-order chi connectivity index (χ0) is 17.4. The second kappa shape index (κ2) is 6.16.